The Kier molecular flexibility index (Phi) is 7.08. The van der Waals surface area contributed by atoms with E-state index in [2.05, 4.69) is 41.5 Å². The lowest BCUT2D eigenvalue weighted by Crippen LogP contribution is -2.26. The Hall–Kier alpha value is -0.0500. The van der Waals surface area contributed by atoms with Crippen molar-refractivity contribution >= 4 is 9.84 Å². The molecule has 0 spiro atoms. The molecule has 0 radical (unpaired) electrons. The van der Waals surface area contributed by atoms with E-state index in [1.165, 1.54) is 6.42 Å². The summed E-state index contributed by atoms with van der Waals surface area (Å²) >= 11 is 0. The predicted octanol–water partition coefficient (Wildman–Crippen LogP) is 4.69. The highest BCUT2D eigenvalue weighted by Crippen LogP contribution is 2.27. The second kappa shape index (κ2) is 7.10. The van der Waals surface area contributed by atoms with Crippen molar-refractivity contribution in [3.63, 3.8) is 0 Å². The fourth-order valence-corrected chi connectivity index (χ4v) is 3.94. The first kappa shape index (κ1) is 18.9. The maximum atomic E-state index is 12.0. The van der Waals surface area contributed by atoms with E-state index in [1.807, 2.05) is 6.92 Å². The van der Waals surface area contributed by atoms with Crippen LogP contribution in [0.3, 0.4) is 0 Å². The molecule has 19 heavy (non-hydrogen) atoms. The van der Waals surface area contributed by atoms with E-state index in [1.54, 1.807) is 0 Å². The van der Waals surface area contributed by atoms with Gasteiger partial charge in [-0.15, -0.1) is 0 Å². The van der Waals surface area contributed by atoms with Crippen LogP contribution in [0.15, 0.2) is 0 Å². The second-order valence-electron chi connectivity index (χ2n) is 8.25. The molecule has 0 saturated heterocycles. The highest BCUT2D eigenvalue weighted by molar-refractivity contribution is 7.91. The van der Waals surface area contributed by atoms with Crippen LogP contribution >= 0.6 is 0 Å². The first-order valence-corrected chi connectivity index (χ1v) is 9.36. The van der Waals surface area contributed by atoms with Gasteiger partial charge in [0.15, 0.2) is 9.84 Å². The Bertz CT molecular complexity index is 342. The zero-order chi connectivity index (χ0) is 15.3. The van der Waals surface area contributed by atoms with Gasteiger partial charge < -0.3 is 0 Å². The van der Waals surface area contributed by atoms with Crippen molar-refractivity contribution in [3.05, 3.63) is 0 Å². The van der Waals surface area contributed by atoms with Crippen LogP contribution in [0.2, 0.25) is 0 Å². The monoisotopic (exact) mass is 290 g/mol. The van der Waals surface area contributed by atoms with Crippen LogP contribution in [0.1, 0.15) is 74.1 Å². The number of hydrogen-bond donors (Lipinski definition) is 0. The molecule has 116 valence electrons. The quantitative estimate of drug-likeness (QED) is 0.637. The summed E-state index contributed by atoms with van der Waals surface area (Å²) in [5.41, 5.74) is 0.429. The molecule has 1 atom stereocenters. The van der Waals surface area contributed by atoms with Gasteiger partial charge in [0.05, 0.1) is 11.5 Å². The van der Waals surface area contributed by atoms with Crippen LogP contribution in [0, 0.1) is 16.7 Å². The van der Waals surface area contributed by atoms with Crippen molar-refractivity contribution in [2.45, 2.75) is 74.1 Å². The molecule has 1 unspecified atom stereocenters. The van der Waals surface area contributed by atoms with Gasteiger partial charge in [0.1, 0.15) is 0 Å². The van der Waals surface area contributed by atoms with Gasteiger partial charge in [-0.1, -0.05) is 61.3 Å². The van der Waals surface area contributed by atoms with Gasteiger partial charge in [0.25, 0.3) is 0 Å². The predicted molar refractivity (Wildman–Crippen MR) is 85.2 cm³/mol. The topological polar surface area (TPSA) is 34.1 Å². The largest absolute Gasteiger partial charge is 0.229 e. The molecule has 0 aromatic carbocycles. The Morgan fingerprint density at radius 1 is 0.895 bits per heavy atom. The summed E-state index contributed by atoms with van der Waals surface area (Å²) in [6.45, 7) is 15.1. The Morgan fingerprint density at radius 2 is 1.42 bits per heavy atom. The molecule has 0 fully saturated rings. The van der Waals surface area contributed by atoms with Crippen molar-refractivity contribution in [1.82, 2.24) is 0 Å². The molecule has 2 nitrogen and oxygen atoms in total. The average Bonchev–Trinajstić information content (AvgIpc) is 2.12. The van der Waals surface area contributed by atoms with Crippen LogP contribution in [0.5, 0.6) is 0 Å². The van der Waals surface area contributed by atoms with Crippen LogP contribution in [0.25, 0.3) is 0 Å². The van der Waals surface area contributed by atoms with Gasteiger partial charge in [-0.25, -0.2) is 8.42 Å². The Labute approximate surface area is 121 Å². The molecule has 0 saturated carbocycles. The molecule has 0 N–H and O–H groups in total. The molecule has 0 amide bonds. The fourth-order valence-electron chi connectivity index (χ4n) is 1.87. The summed E-state index contributed by atoms with van der Waals surface area (Å²) in [5, 5.41) is 0. The molecular formula is C16H34O2S. The van der Waals surface area contributed by atoms with E-state index in [4.69, 9.17) is 0 Å². The molecule has 0 aliphatic carbocycles. The molecular weight excluding hydrogens is 256 g/mol. The normalized spacial score (nSPS) is 15.5. The van der Waals surface area contributed by atoms with Crippen molar-refractivity contribution in [2.24, 2.45) is 16.7 Å². The van der Waals surface area contributed by atoms with Gasteiger partial charge in [-0.2, -0.15) is 0 Å². The zero-order valence-electron chi connectivity index (χ0n) is 14.0. The molecule has 0 heterocycles. The van der Waals surface area contributed by atoms with E-state index >= 15 is 0 Å². The fraction of sp³-hybridized carbons (Fsp3) is 1.00. The number of rotatable bonds is 7. The van der Waals surface area contributed by atoms with Gasteiger partial charge in [0, 0.05) is 0 Å². The zero-order valence-corrected chi connectivity index (χ0v) is 14.9. The minimum atomic E-state index is -2.88. The van der Waals surface area contributed by atoms with Crippen LogP contribution in [0.4, 0.5) is 0 Å². The molecule has 0 aromatic rings. The second-order valence-corrected chi connectivity index (χ2v) is 10.5. The van der Waals surface area contributed by atoms with Crippen LogP contribution in [-0.2, 0) is 9.84 Å². The van der Waals surface area contributed by atoms with Gasteiger partial charge in [-0.05, 0) is 29.6 Å². The lowest BCUT2D eigenvalue weighted by Gasteiger charge is -2.26. The smallest absolute Gasteiger partial charge is 0.150 e. The van der Waals surface area contributed by atoms with E-state index in [0.717, 1.165) is 19.3 Å². The summed E-state index contributed by atoms with van der Waals surface area (Å²) in [6, 6.07) is 0. The van der Waals surface area contributed by atoms with E-state index in [0.29, 0.717) is 16.9 Å². The molecule has 0 rings (SSSR count). The summed E-state index contributed by atoms with van der Waals surface area (Å²) < 4.78 is 24.1. The number of sulfone groups is 1. The summed E-state index contributed by atoms with van der Waals surface area (Å²) in [5.74, 6) is 0.903. The standard InChI is InChI=1S/C16H34O2S/c1-14(16(5,6)7)13-19(17,18)12-10-8-9-11-15(2,3)4/h14H,8-13H2,1-7H3. The lowest BCUT2D eigenvalue weighted by atomic mass is 9.83. The minimum Gasteiger partial charge on any atom is -0.229 e. The van der Waals surface area contributed by atoms with Crippen molar-refractivity contribution in [3.8, 4) is 0 Å². The first-order valence-electron chi connectivity index (χ1n) is 7.54. The van der Waals surface area contributed by atoms with E-state index in [9.17, 15) is 8.42 Å². The molecule has 3 heteroatoms. The van der Waals surface area contributed by atoms with Gasteiger partial charge >= 0.3 is 0 Å². The third-order valence-electron chi connectivity index (χ3n) is 3.86. The maximum Gasteiger partial charge on any atom is 0.150 e. The maximum absolute atomic E-state index is 12.0. The molecule has 0 bridgehead atoms. The number of hydrogen-bond acceptors (Lipinski definition) is 2. The highest BCUT2D eigenvalue weighted by Gasteiger charge is 2.25. The first-order chi connectivity index (χ1) is 8.33. The van der Waals surface area contributed by atoms with E-state index in [-0.39, 0.29) is 11.3 Å². The average molecular weight is 291 g/mol. The van der Waals surface area contributed by atoms with E-state index < -0.39 is 9.84 Å². The summed E-state index contributed by atoms with van der Waals surface area (Å²) in [7, 11) is -2.88. The summed E-state index contributed by atoms with van der Waals surface area (Å²) in [6.07, 6.45) is 4.15. The van der Waals surface area contributed by atoms with Gasteiger partial charge in [-0.3, -0.25) is 0 Å². The Balaban J connectivity index is 4.00. The molecule has 0 aliphatic rings. The molecule has 0 aliphatic heterocycles. The minimum absolute atomic E-state index is 0.0688. The Morgan fingerprint density at radius 3 is 1.84 bits per heavy atom. The van der Waals surface area contributed by atoms with Crippen molar-refractivity contribution in [2.75, 3.05) is 11.5 Å². The summed E-state index contributed by atoms with van der Waals surface area (Å²) in [4.78, 5) is 0. The number of unbranched alkanes of at least 4 members (excludes halogenated alkanes) is 2. The third kappa shape index (κ3) is 10.4. The third-order valence-corrected chi connectivity index (χ3v) is 5.78. The molecule has 0 aromatic heterocycles. The SMILES string of the molecule is CC(CS(=O)(=O)CCCCCC(C)(C)C)C(C)(C)C. The van der Waals surface area contributed by atoms with Crippen LogP contribution in [-0.4, -0.2) is 19.9 Å². The van der Waals surface area contributed by atoms with Crippen molar-refractivity contribution < 1.29 is 8.42 Å². The van der Waals surface area contributed by atoms with Gasteiger partial charge in [0.2, 0.25) is 0 Å². The lowest BCUT2D eigenvalue weighted by molar-refractivity contribution is 0.285. The highest BCUT2D eigenvalue weighted by atomic mass is 32.2. The van der Waals surface area contributed by atoms with Crippen molar-refractivity contribution in [1.29, 1.82) is 0 Å². The van der Waals surface area contributed by atoms with Crippen LogP contribution < -0.4 is 0 Å².